The monoisotopic (exact) mass is 313 g/mol. The summed E-state index contributed by atoms with van der Waals surface area (Å²) in [6.07, 6.45) is 0.458. The normalized spacial score (nSPS) is 11.9. The van der Waals surface area contributed by atoms with E-state index in [1.165, 1.54) is 0 Å². The van der Waals surface area contributed by atoms with Crippen LogP contribution in [0.3, 0.4) is 0 Å². The van der Waals surface area contributed by atoms with Crippen molar-refractivity contribution in [2.45, 2.75) is 20.3 Å². The summed E-state index contributed by atoms with van der Waals surface area (Å²) in [5.41, 5.74) is 0.153. The number of aromatic nitrogens is 1. The average molecular weight is 314 g/mol. The molecule has 1 heterocycles. The van der Waals surface area contributed by atoms with E-state index in [-0.39, 0.29) is 0 Å². The quantitative estimate of drug-likeness (QED) is 0.939. The molecule has 3 nitrogen and oxygen atoms in total. The van der Waals surface area contributed by atoms with Crippen LogP contribution in [0.2, 0.25) is 0 Å². The summed E-state index contributed by atoms with van der Waals surface area (Å²) in [6, 6.07) is 5.88. The lowest BCUT2D eigenvalue weighted by Crippen LogP contribution is -2.26. The predicted octanol–water partition coefficient (Wildman–Crippen LogP) is 3.71. The smallest absolute Gasteiger partial charge is 0.309 e. The number of halogens is 1. The van der Waals surface area contributed by atoms with Gasteiger partial charge in [0.25, 0.3) is 0 Å². The van der Waals surface area contributed by atoms with E-state index in [9.17, 15) is 4.79 Å². The Bertz CT molecular complexity index is 577. The second kappa shape index (κ2) is 4.38. The topological polar surface area (TPSA) is 50.2 Å². The van der Waals surface area contributed by atoms with Gasteiger partial charge in [0.15, 0.2) is 0 Å². The number of nitrogens with zero attached hydrogens (tertiary/aromatic N) is 1. The third-order valence-corrected chi connectivity index (χ3v) is 4.08. The molecule has 2 rings (SSSR count). The maximum absolute atomic E-state index is 11.1. The minimum absolute atomic E-state index is 0.458. The third-order valence-electron chi connectivity index (χ3n) is 2.57. The highest BCUT2D eigenvalue weighted by atomic mass is 79.9. The lowest BCUT2D eigenvalue weighted by Gasteiger charge is -2.16. The maximum atomic E-state index is 11.1. The zero-order chi connectivity index (χ0) is 12.6. The molecule has 0 unspecified atom stereocenters. The number of rotatable bonds is 3. The number of hydrogen-bond donors (Lipinski definition) is 1. The first-order valence-corrected chi connectivity index (χ1v) is 6.78. The Morgan fingerprint density at radius 3 is 2.88 bits per heavy atom. The Kier molecular flexibility index (Phi) is 3.23. The van der Waals surface area contributed by atoms with Crippen LogP contribution in [0.5, 0.6) is 0 Å². The highest BCUT2D eigenvalue weighted by Gasteiger charge is 2.28. The van der Waals surface area contributed by atoms with Crippen LogP contribution in [0.1, 0.15) is 18.9 Å². The van der Waals surface area contributed by atoms with E-state index in [0.29, 0.717) is 6.42 Å². The van der Waals surface area contributed by atoms with Gasteiger partial charge < -0.3 is 5.11 Å². The van der Waals surface area contributed by atoms with Gasteiger partial charge in [-0.1, -0.05) is 15.9 Å². The molecule has 0 radical (unpaired) electrons. The third kappa shape index (κ3) is 2.66. The van der Waals surface area contributed by atoms with Crippen molar-refractivity contribution in [3.63, 3.8) is 0 Å². The first-order chi connectivity index (χ1) is 7.88. The second-order valence-electron chi connectivity index (χ2n) is 4.59. The maximum Gasteiger partial charge on any atom is 0.309 e. The largest absolute Gasteiger partial charge is 0.481 e. The molecule has 0 amide bonds. The minimum Gasteiger partial charge on any atom is -0.481 e. The molecule has 0 spiro atoms. The van der Waals surface area contributed by atoms with Gasteiger partial charge in [0, 0.05) is 10.9 Å². The van der Waals surface area contributed by atoms with E-state index >= 15 is 0 Å². The summed E-state index contributed by atoms with van der Waals surface area (Å²) >= 11 is 4.96. The molecule has 1 aromatic heterocycles. The molecular formula is C12H12BrNO2S. The molecule has 5 heteroatoms. The van der Waals surface area contributed by atoms with E-state index in [1.54, 1.807) is 25.2 Å². The van der Waals surface area contributed by atoms with E-state index in [1.807, 2.05) is 18.2 Å². The van der Waals surface area contributed by atoms with Crippen LogP contribution in [0.15, 0.2) is 22.7 Å². The Morgan fingerprint density at radius 1 is 1.53 bits per heavy atom. The van der Waals surface area contributed by atoms with Crippen molar-refractivity contribution in [3.8, 4) is 0 Å². The second-order valence-corrected chi connectivity index (χ2v) is 6.62. The molecular weight excluding hydrogens is 302 g/mol. The van der Waals surface area contributed by atoms with E-state index in [2.05, 4.69) is 20.9 Å². The molecule has 0 aliphatic rings. The van der Waals surface area contributed by atoms with Gasteiger partial charge in [-0.2, -0.15) is 0 Å². The van der Waals surface area contributed by atoms with Crippen molar-refractivity contribution in [2.24, 2.45) is 5.41 Å². The number of benzene rings is 1. The number of thiazole rings is 1. The molecule has 0 aliphatic heterocycles. The number of aliphatic carboxylic acids is 1. The zero-order valence-electron chi connectivity index (χ0n) is 9.53. The van der Waals surface area contributed by atoms with Gasteiger partial charge in [-0.15, -0.1) is 11.3 Å². The van der Waals surface area contributed by atoms with Gasteiger partial charge >= 0.3 is 5.97 Å². The molecule has 0 fully saturated rings. The van der Waals surface area contributed by atoms with Gasteiger partial charge in [-0.05, 0) is 32.0 Å². The summed E-state index contributed by atoms with van der Waals surface area (Å²) in [7, 11) is 0. The van der Waals surface area contributed by atoms with Crippen LogP contribution < -0.4 is 0 Å². The van der Waals surface area contributed by atoms with Crippen molar-refractivity contribution in [3.05, 3.63) is 27.7 Å². The summed E-state index contributed by atoms with van der Waals surface area (Å²) in [6.45, 7) is 3.44. The lowest BCUT2D eigenvalue weighted by molar-refractivity contribution is -0.146. The van der Waals surface area contributed by atoms with Crippen molar-refractivity contribution in [2.75, 3.05) is 0 Å². The molecule has 0 saturated carbocycles. The van der Waals surface area contributed by atoms with Crippen LogP contribution in [-0.4, -0.2) is 16.1 Å². The van der Waals surface area contributed by atoms with E-state index < -0.39 is 11.4 Å². The molecule has 0 atom stereocenters. The van der Waals surface area contributed by atoms with Crippen LogP contribution in [0.25, 0.3) is 10.2 Å². The molecule has 1 aromatic carbocycles. The summed E-state index contributed by atoms with van der Waals surface area (Å²) in [4.78, 5) is 15.5. The number of carbonyl (C=O) groups is 1. The van der Waals surface area contributed by atoms with Crippen molar-refractivity contribution < 1.29 is 9.90 Å². The molecule has 0 aliphatic carbocycles. The standard InChI is InChI=1S/C12H12BrNO2S/c1-12(2,11(15)16)6-10-14-8-4-3-7(13)5-9(8)17-10/h3-5H,6H2,1-2H3,(H,15,16). The van der Waals surface area contributed by atoms with Crippen LogP contribution in [0, 0.1) is 5.41 Å². The molecule has 0 bridgehead atoms. The van der Waals surface area contributed by atoms with E-state index in [4.69, 9.17) is 5.11 Å². The van der Waals surface area contributed by atoms with Gasteiger partial charge in [0.05, 0.1) is 20.6 Å². The highest BCUT2D eigenvalue weighted by Crippen LogP contribution is 2.30. The fourth-order valence-corrected chi connectivity index (χ4v) is 3.22. The number of fused-ring (bicyclic) bond motifs is 1. The van der Waals surface area contributed by atoms with Gasteiger partial charge in [-0.3, -0.25) is 4.79 Å². The minimum atomic E-state index is -0.794. The summed E-state index contributed by atoms with van der Waals surface area (Å²) in [5.74, 6) is -0.794. The number of carboxylic acid groups (broad SMARTS) is 1. The van der Waals surface area contributed by atoms with Crippen molar-refractivity contribution >= 4 is 43.5 Å². The summed E-state index contributed by atoms with van der Waals surface area (Å²) < 4.78 is 2.09. The highest BCUT2D eigenvalue weighted by molar-refractivity contribution is 9.10. The first kappa shape index (κ1) is 12.5. The van der Waals surface area contributed by atoms with Gasteiger partial charge in [-0.25, -0.2) is 4.98 Å². The predicted molar refractivity (Wildman–Crippen MR) is 72.4 cm³/mol. The molecule has 0 saturated heterocycles. The number of carboxylic acids is 1. The Labute approximate surface area is 112 Å². The first-order valence-electron chi connectivity index (χ1n) is 5.17. The van der Waals surface area contributed by atoms with Crippen LogP contribution in [0.4, 0.5) is 0 Å². The average Bonchev–Trinajstić information content (AvgIpc) is 2.57. The van der Waals surface area contributed by atoms with Gasteiger partial charge in [0.1, 0.15) is 0 Å². The Balaban J connectivity index is 2.34. The number of hydrogen-bond acceptors (Lipinski definition) is 3. The Hall–Kier alpha value is -0.940. The SMILES string of the molecule is CC(C)(Cc1nc2ccc(Br)cc2s1)C(=O)O. The molecule has 2 aromatic rings. The fourth-order valence-electron chi connectivity index (χ4n) is 1.48. The zero-order valence-corrected chi connectivity index (χ0v) is 11.9. The van der Waals surface area contributed by atoms with E-state index in [0.717, 1.165) is 19.7 Å². The molecule has 1 N–H and O–H groups in total. The Morgan fingerprint density at radius 2 is 2.24 bits per heavy atom. The van der Waals surface area contributed by atoms with Crippen molar-refractivity contribution in [1.29, 1.82) is 0 Å². The van der Waals surface area contributed by atoms with Crippen LogP contribution >= 0.6 is 27.3 Å². The van der Waals surface area contributed by atoms with Crippen LogP contribution in [-0.2, 0) is 11.2 Å². The van der Waals surface area contributed by atoms with Gasteiger partial charge in [0.2, 0.25) is 0 Å². The summed E-state index contributed by atoms with van der Waals surface area (Å²) in [5, 5.41) is 9.96. The lowest BCUT2D eigenvalue weighted by atomic mass is 9.90. The fraction of sp³-hybridized carbons (Fsp3) is 0.333. The molecule has 17 heavy (non-hydrogen) atoms. The molecule has 90 valence electrons. The van der Waals surface area contributed by atoms with Crippen molar-refractivity contribution in [1.82, 2.24) is 4.98 Å².